The van der Waals surface area contributed by atoms with E-state index in [1.54, 1.807) is 7.05 Å². The summed E-state index contributed by atoms with van der Waals surface area (Å²) >= 11 is 0. The van der Waals surface area contributed by atoms with Crippen LogP contribution in [-0.4, -0.2) is 48.7 Å². The summed E-state index contributed by atoms with van der Waals surface area (Å²) in [7, 11) is 5.41. The first kappa shape index (κ1) is 12.2. The molecule has 1 aromatic rings. The molecule has 16 heavy (non-hydrogen) atoms. The Morgan fingerprint density at radius 1 is 1.38 bits per heavy atom. The summed E-state index contributed by atoms with van der Waals surface area (Å²) in [6.45, 7) is 1.74. The number of carbonyl (C=O) groups is 1. The molecule has 1 heterocycles. The predicted octanol–water partition coefficient (Wildman–Crippen LogP) is 0.372. The Morgan fingerprint density at radius 3 is 2.50 bits per heavy atom. The van der Waals surface area contributed by atoms with E-state index in [1.165, 1.54) is 4.90 Å². The molecule has 0 bridgehead atoms. The van der Waals surface area contributed by atoms with Crippen LogP contribution in [-0.2, 0) is 4.79 Å². The molecule has 1 rings (SSSR count). The quantitative estimate of drug-likeness (QED) is 0.797. The monoisotopic (exact) mass is 224 g/mol. The van der Waals surface area contributed by atoms with Crippen LogP contribution in [0.3, 0.4) is 0 Å². The number of hydrogen-bond acceptors (Lipinski definition) is 5. The molecule has 0 aliphatic heterocycles. The number of aryl methyl sites for hydroxylation is 1. The topological polar surface area (TPSA) is 69.6 Å². The van der Waals surface area contributed by atoms with Gasteiger partial charge in [0.15, 0.2) is 0 Å². The van der Waals surface area contributed by atoms with Gasteiger partial charge in [-0.25, -0.2) is 4.98 Å². The lowest BCUT2D eigenvalue weighted by molar-refractivity contribution is -0.135. The van der Waals surface area contributed by atoms with Gasteiger partial charge in [0, 0.05) is 32.9 Å². The van der Waals surface area contributed by atoms with Crippen molar-refractivity contribution in [2.45, 2.75) is 6.92 Å². The minimum absolute atomic E-state index is 0.115. The summed E-state index contributed by atoms with van der Waals surface area (Å²) in [4.78, 5) is 22.4. The SMILES string of the molecule is Cc1cc(N(C)C)nc(N(C)CC(=O)O)n1. The Bertz CT molecular complexity index is 392. The molecule has 0 saturated heterocycles. The average Bonchev–Trinajstić information content (AvgIpc) is 2.15. The molecule has 0 radical (unpaired) electrons. The van der Waals surface area contributed by atoms with Gasteiger partial charge in [0.2, 0.25) is 5.95 Å². The van der Waals surface area contributed by atoms with E-state index in [9.17, 15) is 4.79 Å². The van der Waals surface area contributed by atoms with Crippen molar-refractivity contribution in [1.82, 2.24) is 9.97 Å². The first-order chi connectivity index (χ1) is 7.40. The standard InChI is InChI=1S/C10H16N4O2/c1-7-5-8(13(2)3)12-10(11-7)14(4)6-9(15)16/h5H,6H2,1-4H3,(H,15,16). The number of nitrogens with zero attached hydrogens (tertiary/aromatic N) is 4. The molecule has 0 aliphatic rings. The molecule has 0 unspecified atom stereocenters. The Morgan fingerprint density at radius 2 is 2.00 bits per heavy atom. The van der Waals surface area contributed by atoms with Crippen LogP contribution in [0.1, 0.15) is 5.69 Å². The van der Waals surface area contributed by atoms with Crippen molar-refractivity contribution in [3.05, 3.63) is 11.8 Å². The molecule has 1 N–H and O–H groups in total. The highest BCUT2D eigenvalue weighted by molar-refractivity contribution is 5.72. The van der Waals surface area contributed by atoms with Gasteiger partial charge in [-0.1, -0.05) is 0 Å². The smallest absolute Gasteiger partial charge is 0.323 e. The number of carboxylic acid groups (broad SMARTS) is 1. The molecule has 0 saturated carbocycles. The number of rotatable bonds is 4. The molecular weight excluding hydrogens is 208 g/mol. The third-order valence-corrected chi connectivity index (χ3v) is 2.00. The fourth-order valence-electron chi connectivity index (χ4n) is 1.21. The van der Waals surface area contributed by atoms with Gasteiger partial charge in [0.05, 0.1) is 0 Å². The average molecular weight is 224 g/mol. The summed E-state index contributed by atoms with van der Waals surface area (Å²) < 4.78 is 0. The van der Waals surface area contributed by atoms with Gasteiger partial charge in [-0.15, -0.1) is 0 Å². The van der Waals surface area contributed by atoms with E-state index in [0.717, 1.165) is 11.5 Å². The maximum Gasteiger partial charge on any atom is 0.323 e. The van der Waals surface area contributed by atoms with Gasteiger partial charge >= 0.3 is 5.97 Å². The fraction of sp³-hybridized carbons (Fsp3) is 0.500. The van der Waals surface area contributed by atoms with Crippen LogP contribution < -0.4 is 9.80 Å². The van der Waals surface area contributed by atoms with Crippen LogP contribution in [0.25, 0.3) is 0 Å². The van der Waals surface area contributed by atoms with Gasteiger partial charge in [-0.3, -0.25) is 4.79 Å². The minimum atomic E-state index is -0.904. The summed E-state index contributed by atoms with van der Waals surface area (Å²) in [6.07, 6.45) is 0. The van der Waals surface area contributed by atoms with Gasteiger partial charge < -0.3 is 14.9 Å². The largest absolute Gasteiger partial charge is 0.480 e. The van der Waals surface area contributed by atoms with Crippen LogP contribution >= 0.6 is 0 Å². The summed E-state index contributed by atoms with van der Waals surface area (Å²) in [5.41, 5.74) is 0.811. The molecule has 0 amide bonds. The highest BCUT2D eigenvalue weighted by Crippen LogP contribution is 2.14. The van der Waals surface area contributed by atoms with Crippen molar-refractivity contribution in [3.63, 3.8) is 0 Å². The van der Waals surface area contributed by atoms with Crippen molar-refractivity contribution in [2.75, 3.05) is 37.5 Å². The van der Waals surface area contributed by atoms with E-state index in [4.69, 9.17) is 5.11 Å². The molecule has 88 valence electrons. The summed E-state index contributed by atoms with van der Waals surface area (Å²) in [5, 5.41) is 8.69. The molecule has 6 heteroatoms. The maximum atomic E-state index is 10.6. The number of aliphatic carboxylic acids is 1. The molecule has 0 fully saturated rings. The highest BCUT2D eigenvalue weighted by Gasteiger charge is 2.10. The predicted molar refractivity (Wildman–Crippen MR) is 62.0 cm³/mol. The number of likely N-dealkylation sites (N-methyl/N-ethyl adjacent to an activating group) is 1. The van der Waals surface area contributed by atoms with Gasteiger partial charge in [0.1, 0.15) is 12.4 Å². The zero-order valence-corrected chi connectivity index (χ0v) is 9.93. The van der Waals surface area contributed by atoms with Crippen molar-refractivity contribution in [3.8, 4) is 0 Å². The second-order valence-corrected chi connectivity index (χ2v) is 3.81. The maximum absolute atomic E-state index is 10.6. The lowest BCUT2D eigenvalue weighted by Gasteiger charge is -2.18. The molecular formula is C10H16N4O2. The summed E-state index contributed by atoms with van der Waals surface area (Å²) in [5.74, 6) is 0.282. The van der Waals surface area contributed by atoms with Gasteiger partial charge in [-0.05, 0) is 6.92 Å². The van der Waals surface area contributed by atoms with Crippen LogP contribution in [0.15, 0.2) is 6.07 Å². The third-order valence-electron chi connectivity index (χ3n) is 2.00. The second-order valence-electron chi connectivity index (χ2n) is 3.81. The van der Waals surface area contributed by atoms with Crippen LogP contribution in [0.5, 0.6) is 0 Å². The van der Waals surface area contributed by atoms with Crippen molar-refractivity contribution in [2.24, 2.45) is 0 Å². The second kappa shape index (κ2) is 4.78. The molecule has 6 nitrogen and oxygen atoms in total. The first-order valence-corrected chi connectivity index (χ1v) is 4.86. The van der Waals surface area contributed by atoms with E-state index >= 15 is 0 Å². The number of hydrogen-bond donors (Lipinski definition) is 1. The summed E-state index contributed by atoms with van der Waals surface area (Å²) in [6, 6.07) is 1.85. The molecule has 0 aromatic carbocycles. The van der Waals surface area contributed by atoms with Crippen molar-refractivity contribution < 1.29 is 9.90 Å². The minimum Gasteiger partial charge on any atom is -0.480 e. The Labute approximate surface area is 94.5 Å². The molecule has 0 spiro atoms. The van der Waals surface area contributed by atoms with Gasteiger partial charge in [-0.2, -0.15) is 4.98 Å². The fourth-order valence-corrected chi connectivity index (χ4v) is 1.21. The van der Waals surface area contributed by atoms with E-state index < -0.39 is 5.97 Å². The number of aromatic nitrogens is 2. The first-order valence-electron chi connectivity index (χ1n) is 4.86. The van der Waals surface area contributed by atoms with Gasteiger partial charge in [0.25, 0.3) is 0 Å². The number of anilines is 2. The van der Waals surface area contributed by atoms with E-state index in [2.05, 4.69) is 9.97 Å². The number of carboxylic acids is 1. The third kappa shape index (κ3) is 3.08. The van der Waals surface area contributed by atoms with Crippen LogP contribution in [0, 0.1) is 6.92 Å². The molecule has 1 aromatic heterocycles. The zero-order chi connectivity index (χ0) is 12.3. The lowest BCUT2D eigenvalue weighted by Crippen LogP contribution is -2.27. The van der Waals surface area contributed by atoms with E-state index in [-0.39, 0.29) is 6.54 Å². The Balaban J connectivity index is 2.99. The lowest BCUT2D eigenvalue weighted by atomic mass is 10.4. The van der Waals surface area contributed by atoms with Crippen LogP contribution in [0.4, 0.5) is 11.8 Å². The zero-order valence-electron chi connectivity index (χ0n) is 9.93. The van der Waals surface area contributed by atoms with E-state index in [0.29, 0.717) is 5.95 Å². The van der Waals surface area contributed by atoms with Crippen LogP contribution in [0.2, 0.25) is 0 Å². The Hall–Kier alpha value is -1.85. The molecule has 0 aliphatic carbocycles. The Kier molecular flexibility index (Phi) is 3.65. The van der Waals surface area contributed by atoms with E-state index in [1.807, 2.05) is 32.0 Å². The normalized spacial score (nSPS) is 10.0. The van der Waals surface area contributed by atoms with Crippen molar-refractivity contribution >= 4 is 17.7 Å². The van der Waals surface area contributed by atoms with Crippen molar-refractivity contribution in [1.29, 1.82) is 0 Å². The highest BCUT2D eigenvalue weighted by atomic mass is 16.4. The molecule has 0 atom stereocenters.